The number of terminal acetylenes is 1. The number of carbonyl (C=O) groups excluding carboxylic acids is 1. The maximum atomic E-state index is 13.8. The summed E-state index contributed by atoms with van der Waals surface area (Å²) in [6, 6.07) is 11.2. The number of fused-ring (bicyclic) bond motifs is 3. The van der Waals surface area contributed by atoms with Crippen LogP contribution in [0.2, 0.25) is 0 Å². The van der Waals surface area contributed by atoms with E-state index in [1.54, 1.807) is 22.8 Å². The summed E-state index contributed by atoms with van der Waals surface area (Å²) in [4.78, 5) is 27.0. The van der Waals surface area contributed by atoms with E-state index in [-0.39, 0.29) is 0 Å². The molecule has 1 aromatic heterocycles. The van der Waals surface area contributed by atoms with Gasteiger partial charge >= 0.3 is 6.18 Å². The molecule has 3 aromatic rings. The summed E-state index contributed by atoms with van der Waals surface area (Å²) in [7, 11) is 0. The average Bonchev–Trinajstić information content (AvgIpc) is 3.02. The van der Waals surface area contributed by atoms with Crippen LogP contribution in [0.5, 0.6) is 5.75 Å². The van der Waals surface area contributed by atoms with Crippen LogP contribution in [0.3, 0.4) is 0 Å². The lowest BCUT2D eigenvalue weighted by Gasteiger charge is -2.46. The normalized spacial score (nSPS) is 18.0. The first kappa shape index (κ1) is 23.9. The maximum absolute atomic E-state index is 13.8. The fraction of sp³-hybridized carbons (Fsp3) is 0.231. The van der Waals surface area contributed by atoms with E-state index in [1.165, 1.54) is 10.9 Å². The summed E-state index contributed by atoms with van der Waals surface area (Å²) >= 11 is 1.57. The zero-order valence-corrected chi connectivity index (χ0v) is 19.8. The van der Waals surface area contributed by atoms with Crippen molar-refractivity contribution in [2.75, 3.05) is 11.7 Å². The summed E-state index contributed by atoms with van der Waals surface area (Å²) < 4.78 is 42.7. The Morgan fingerprint density at radius 1 is 1.14 bits per heavy atom. The number of pyridine rings is 1. The van der Waals surface area contributed by atoms with Crippen molar-refractivity contribution >= 4 is 17.7 Å². The number of halogens is 3. The molecule has 1 amide bonds. The van der Waals surface area contributed by atoms with E-state index in [0.717, 1.165) is 34.6 Å². The molecule has 0 radical (unpaired) electrons. The third-order valence-corrected chi connectivity index (χ3v) is 7.69. The SMILES string of the molecule is C#Cc1cccc2c1[C@H](N1CN([C@H](C)C(F)(F)F)C(=O)c3c(O)c(=O)ccn31)c1ccccc1SC2. The van der Waals surface area contributed by atoms with Crippen LogP contribution in [0.15, 0.2) is 64.4 Å². The van der Waals surface area contributed by atoms with Crippen LogP contribution in [0.4, 0.5) is 13.2 Å². The first-order chi connectivity index (χ1) is 17.1. The summed E-state index contributed by atoms with van der Waals surface area (Å²) in [6.45, 7) is 0.415. The number of amides is 1. The van der Waals surface area contributed by atoms with Crippen molar-refractivity contribution in [3.05, 3.63) is 92.9 Å². The minimum Gasteiger partial charge on any atom is -0.502 e. The molecule has 0 unspecified atom stereocenters. The van der Waals surface area contributed by atoms with Gasteiger partial charge in [-0.05, 0) is 30.2 Å². The number of alkyl halides is 3. The standard InChI is InChI=1S/C26H20F3N3O3S/c1-3-16-7-6-8-17-13-36-20-10-5-4-9-18(20)22(21(16)17)32-14-30(15(2)26(27,28)29)25(35)23-24(34)19(33)11-12-31(23)32/h1,4-12,15,22,34H,13-14H2,2H3/t15-,22-/m1/s1. The average molecular weight is 512 g/mol. The Kier molecular flexibility index (Phi) is 5.75. The maximum Gasteiger partial charge on any atom is 0.408 e. The zero-order chi connectivity index (χ0) is 25.8. The van der Waals surface area contributed by atoms with Gasteiger partial charge in [0.05, 0.1) is 0 Å². The van der Waals surface area contributed by atoms with Crippen LogP contribution in [0.25, 0.3) is 0 Å². The third kappa shape index (κ3) is 3.71. The topological polar surface area (TPSA) is 65.8 Å². The van der Waals surface area contributed by atoms with E-state index in [9.17, 15) is 27.9 Å². The van der Waals surface area contributed by atoms with E-state index in [0.29, 0.717) is 16.2 Å². The molecule has 2 aliphatic heterocycles. The van der Waals surface area contributed by atoms with Gasteiger partial charge < -0.3 is 10.0 Å². The van der Waals surface area contributed by atoms with Gasteiger partial charge in [0.25, 0.3) is 5.91 Å². The highest BCUT2D eigenvalue weighted by Crippen LogP contribution is 2.44. The van der Waals surface area contributed by atoms with Gasteiger partial charge in [-0.1, -0.05) is 36.3 Å². The first-order valence-electron chi connectivity index (χ1n) is 11.0. The molecule has 5 rings (SSSR count). The predicted molar refractivity (Wildman–Crippen MR) is 129 cm³/mol. The summed E-state index contributed by atoms with van der Waals surface area (Å²) in [5.41, 5.74) is 1.57. The Bertz CT molecular complexity index is 1480. The highest BCUT2D eigenvalue weighted by molar-refractivity contribution is 7.98. The van der Waals surface area contributed by atoms with Gasteiger partial charge in [-0.3, -0.25) is 19.3 Å². The van der Waals surface area contributed by atoms with Crippen molar-refractivity contribution in [2.24, 2.45) is 0 Å². The fourth-order valence-electron chi connectivity index (χ4n) is 4.68. The summed E-state index contributed by atoms with van der Waals surface area (Å²) in [5, 5.41) is 12.1. The lowest BCUT2D eigenvalue weighted by Crippen LogP contribution is -2.60. The van der Waals surface area contributed by atoms with Gasteiger partial charge in [0, 0.05) is 34.0 Å². The fourth-order valence-corrected chi connectivity index (χ4v) is 5.77. The largest absolute Gasteiger partial charge is 0.502 e. The quantitative estimate of drug-likeness (QED) is 0.522. The van der Waals surface area contributed by atoms with Crippen LogP contribution in [0.1, 0.15) is 45.7 Å². The van der Waals surface area contributed by atoms with Gasteiger partial charge in [0.15, 0.2) is 11.4 Å². The number of nitrogens with zero attached hydrogens (tertiary/aromatic N) is 3. The van der Waals surface area contributed by atoms with Crippen molar-refractivity contribution in [3.63, 3.8) is 0 Å². The van der Waals surface area contributed by atoms with Crippen molar-refractivity contribution in [3.8, 4) is 18.1 Å². The molecule has 6 nitrogen and oxygen atoms in total. The highest BCUT2D eigenvalue weighted by Gasteiger charge is 2.47. The lowest BCUT2D eigenvalue weighted by molar-refractivity contribution is -0.173. The molecule has 0 aliphatic carbocycles. The summed E-state index contributed by atoms with van der Waals surface area (Å²) in [6.07, 6.45) is 2.42. The zero-order valence-electron chi connectivity index (χ0n) is 19.0. The molecule has 3 heterocycles. The summed E-state index contributed by atoms with van der Waals surface area (Å²) in [5.74, 6) is 1.27. The molecule has 0 fully saturated rings. The second kappa shape index (κ2) is 8.68. The van der Waals surface area contributed by atoms with Gasteiger partial charge in [-0.2, -0.15) is 13.2 Å². The van der Waals surface area contributed by atoms with E-state index in [4.69, 9.17) is 6.42 Å². The number of carbonyl (C=O) groups is 1. The molecule has 184 valence electrons. The number of rotatable bonds is 2. The Balaban J connectivity index is 1.82. The molecule has 2 aliphatic rings. The van der Waals surface area contributed by atoms with Crippen LogP contribution >= 0.6 is 11.8 Å². The van der Waals surface area contributed by atoms with Crippen LogP contribution < -0.4 is 10.4 Å². The minimum atomic E-state index is -4.73. The molecule has 2 atom stereocenters. The molecule has 0 saturated heterocycles. The monoisotopic (exact) mass is 511 g/mol. The number of hydrogen-bond donors (Lipinski definition) is 1. The van der Waals surface area contributed by atoms with Gasteiger partial charge in [0.1, 0.15) is 18.8 Å². The second-order valence-corrected chi connectivity index (χ2v) is 9.56. The van der Waals surface area contributed by atoms with Crippen molar-refractivity contribution in [1.29, 1.82) is 0 Å². The Labute approximate surface area is 208 Å². The van der Waals surface area contributed by atoms with Gasteiger partial charge in [-0.15, -0.1) is 18.2 Å². The smallest absolute Gasteiger partial charge is 0.408 e. The molecule has 36 heavy (non-hydrogen) atoms. The molecule has 1 N–H and O–H groups in total. The molecular weight excluding hydrogens is 491 g/mol. The molecule has 2 aromatic carbocycles. The van der Waals surface area contributed by atoms with E-state index >= 15 is 0 Å². The molecule has 0 spiro atoms. The molecule has 0 saturated carbocycles. The van der Waals surface area contributed by atoms with Crippen molar-refractivity contribution in [1.82, 2.24) is 9.58 Å². The number of aromatic nitrogens is 1. The molecule has 10 heteroatoms. The lowest BCUT2D eigenvalue weighted by atomic mass is 9.90. The Morgan fingerprint density at radius 2 is 1.89 bits per heavy atom. The first-order valence-corrected chi connectivity index (χ1v) is 12.0. The van der Waals surface area contributed by atoms with Gasteiger partial charge in [-0.25, -0.2) is 0 Å². The van der Waals surface area contributed by atoms with Crippen molar-refractivity contribution < 1.29 is 23.1 Å². The van der Waals surface area contributed by atoms with E-state index in [2.05, 4.69) is 5.92 Å². The predicted octanol–water partition coefficient (Wildman–Crippen LogP) is 4.23. The van der Waals surface area contributed by atoms with Crippen LogP contribution in [0, 0.1) is 12.3 Å². The molecule has 0 bridgehead atoms. The second-order valence-electron chi connectivity index (χ2n) is 8.55. The third-order valence-electron chi connectivity index (χ3n) is 6.55. The number of hydrogen-bond acceptors (Lipinski definition) is 5. The van der Waals surface area contributed by atoms with Crippen LogP contribution in [-0.4, -0.2) is 39.5 Å². The Hall–Kier alpha value is -3.84. The minimum absolute atomic E-state index is 0.461. The number of aromatic hydroxyl groups is 1. The van der Waals surface area contributed by atoms with Crippen LogP contribution in [-0.2, 0) is 5.75 Å². The van der Waals surface area contributed by atoms with E-state index in [1.807, 2.05) is 36.4 Å². The van der Waals surface area contributed by atoms with Gasteiger partial charge in [0.2, 0.25) is 5.43 Å². The highest BCUT2D eigenvalue weighted by atomic mass is 32.2. The molecular formula is C26H20F3N3O3S. The number of thioether (sulfide) groups is 1. The Morgan fingerprint density at radius 3 is 2.61 bits per heavy atom. The number of benzene rings is 2. The van der Waals surface area contributed by atoms with E-state index < -0.39 is 47.7 Å². The van der Waals surface area contributed by atoms with Crippen molar-refractivity contribution in [2.45, 2.75) is 35.8 Å².